The summed E-state index contributed by atoms with van der Waals surface area (Å²) in [5.74, 6) is 1.44. The molecule has 1 heterocycles. The van der Waals surface area contributed by atoms with E-state index in [4.69, 9.17) is 9.47 Å². The van der Waals surface area contributed by atoms with E-state index in [1.165, 1.54) is 0 Å². The van der Waals surface area contributed by atoms with Gasteiger partial charge in [0.05, 0.1) is 0 Å². The van der Waals surface area contributed by atoms with Crippen molar-refractivity contribution in [3.05, 3.63) is 64.3 Å². The normalized spacial score (nSPS) is 12.4. The number of nitrogens with one attached hydrogen (secondary N) is 2. The number of hydrogen-bond acceptors (Lipinski definition) is 3. The minimum absolute atomic E-state index is 0.243. The number of urea groups is 1. The van der Waals surface area contributed by atoms with Gasteiger partial charge in [0, 0.05) is 17.2 Å². The lowest BCUT2D eigenvalue weighted by Crippen LogP contribution is -2.31. The topological polar surface area (TPSA) is 59.6 Å². The summed E-state index contributed by atoms with van der Waals surface area (Å²) in [6.07, 6.45) is 3.43. The average Bonchev–Trinajstić information content (AvgIpc) is 3.00. The van der Waals surface area contributed by atoms with E-state index in [2.05, 4.69) is 26.6 Å². The number of halogens is 1. The van der Waals surface area contributed by atoms with E-state index in [1.807, 2.05) is 48.5 Å². The molecule has 0 saturated heterocycles. The van der Waals surface area contributed by atoms with Crippen LogP contribution in [0.2, 0.25) is 0 Å². The van der Waals surface area contributed by atoms with E-state index in [0.717, 1.165) is 21.3 Å². The third-order valence-electron chi connectivity index (χ3n) is 3.23. The van der Waals surface area contributed by atoms with Crippen LogP contribution in [0.4, 0.5) is 4.79 Å². The monoisotopic (exact) mass is 374 g/mol. The smallest absolute Gasteiger partial charge is 0.319 e. The number of carbonyl (C=O) groups is 1. The molecule has 0 aliphatic carbocycles. The largest absolute Gasteiger partial charge is 0.454 e. The minimum atomic E-state index is -0.270. The van der Waals surface area contributed by atoms with Crippen molar-refractivity contribution in [2.24, 2.45) is 0 Å². The van der Waals surface area contributed by atoms with Gasteiger partial charge in [0.1, 0.15) is 0 Å². The Bertz CT molecular complexity index is 746. The Hall–Kier alpha value is -2.47. The first-order valence-corrected chi connectivity index (χ1v) is 7.85. The number of amides is 2. The van der Waals surface area contributed by atoms with Crippen LogP contribution in [0.1, 0.15) is 11.1 Å². The van der Waals surface area contributed by atoms with Crippen molar-refractivity contribution in [3.8, 4) is 11.5 Å². The Balaban J connectivity index is 1.48. The van der Waals surface area contributed by atoms with Gasteiger partial charge in [-0.2, -0.15) is 0 Å². The summed E-state index contributed by atoms with van der Waals surface area (Å²) in [5.41, 5.74) is 1.94. The molecule has 0 unspecified atom stereocenters. The maximum Gasteiger partial charge on any atom is 0.319 e. The average molecular weight is 375 g/mol. The van der Waals surface area contributed by atoms with Gasteiger partial charge in [-0.3, -0.25) is 0 Å². The maximum absolute atomic E-state index is 11.8. The minimum Gasteiger partial charge on any atom is -0.454 e. The molecule has 0 fully saturated rings. The number of carbonyl (C=O) groups excluding carboxylic acids is 1. The van der Waals surface area contributed by atoms with Crippen molar-refractivity contribution in [2.45, 2.75) is 6.54 Å². The Morgan fingerprint density at radius 1 is 1.17 bits per heavy atom. The number of fused-ring (bicyclic) bond motifs is 1. The quantitative estimate of drug-likeness (QED) is 0.858. The molecule has 0 aromatic heterocycles. The summed E-state index contributed by atoms with van der Waals surface area (Å²) >= 11 is 3.40. The lowest BCUT2D eigenvalue weighted by atomic mass is 10.2. The van der Waals surface area contributed by atoms with E-state index >= 15 is 0 Å². The van der Waals surface area contributed by atoms with Crippen LogP contribution in [-0.4, -0.2) is 12.8 Å². The van der Waals surface area contributed by atoms with Crippen molar-refractivity contribution in [1.82, 2.24) is 10.6 Å². The van der Waals surface area contributed by atoms with Crippen molar-refractivity contribution in [2.75, 3.05) is 6.79 Å². The molecular formula is C17H15BrN2O3. The summed E-state index contributed by atoms with van der Waals surface area (Å²) in [6, 6.07) is 13.1. The molecule has 118 valence electrons. The molecule has 2 aromatic rings. The van der Waals surface area contributed by atoms with E-state index in [9.17, 15) is 4.79 Å². The summed E-state index contributed by atoms with van der Waals surface area (Å²) in [5, 5.41) is 5.45. The number of benzene rings is 2. The van der Waals surface area contributed by atoms with Gasteiger partial charge in [-0.1, -0.05) is 34.1 Å². The van der Waals surface area contributed by atoms with Gasteiger partial charge in [0.25, 0.3) is 0 Å². The second-order valence-electron chi connectivity index (χ2n) is 4.90. The highest BCUT2D eigenvalue weighted by atomic mass is 79.9. The molecule has 23 heavy (non-hydrogen) atoms. The van der Waals surface area contributed by atoms with Gasteiger partial charge < -0.3 is 20.1 Å². The van der Waals surface area contributed by atoms with Crippen LogP contribution in [0, 0.1) is 0 Å². The van der Waals surface area contributed by atoms with E-state index in [-0.39, 0.29) is 12.8 Å². The molecule has 0 bridgehead atoms. The predicted molar refractivity (Wildman–Crippen MR) is 91.1 cm³/mol. The van der Waals surface area contributed by atoms with Crippen molar-refractivity contribution in [1.29, 1.82) is 0 Å². The SMILES string of the molecule is O=C(N/C=C/c1cccc(Br)c1)NCc1ccc2c(c1)OCO2. The van der Waals surface area contributed by atoms with Gasteiger partial charge in [-0.25, -0.2) is 4.79 Å². The molecule has 1 aliphatic rings. The highest BCUT2D eigenvalue weighted by molar-refractivity contribution is 9.10. The van der Waals surface area contributed by atoms with Crippen LogP contribution in [0.3, 0.4) is 0 Å². The highest BCUT2D eigenvalue weighted by Crippen LogP contribution is 2.32. The van der Waals surface area contributed by atoms with Gasteiger partial charge in [-0.15, -0.1) is 0 Å². The zero-order valence-corrected chi connectivity index (χ0v) is 13.8. The number of ether oxygens (including phenoxy) is 2. The molecule has 3 rings (SSSR count). The molecule has 0 radical (unpaired) electrons. The van der Waals surface area contributed by atoms with E-state index < -0.39 is 0 Å². The zero-order valence-electron chi connectivity index (χ0n) is 12.2. The Labute approximate surface area is 142 Å². The fourth-order valence-corrected chi connectivity index (χ4v) is 2.53. The van der Waals surface area contributed by atoms with Crippen molar-refractivity contribution < 1.29 is 14.3 Å². The van der Waals surface area contributed by atoms with Crippen LogP contribution in [0.25, 0.3) is 6.08 Å². The predicted octanol–water partition coefficient (Wildman–Crippen LogP) is 3.65. The van der Waals surface area contributed by atoms with Crippen LogP contribution in [-0.2, 0) is 6.54 Å². The summed E-state index contributed by atoms with van der Waals surface area (Å²) in [7, 11) is 0. The summed E-state index contributed by atoms with van der Waals surface area (Å²) in [6.45, 7) is 0.653. The third-order valence-corrected chi connectivity index (χ3v) is 3.72. The first-order chi connectivity index (χ1) is 11.2. The second kappa shape index (κ2) is 7.19. The lowest BCUT2D eigenvalue weighted by Gasteiger charge is -2.05. The number of hydrogen-bond donors (Lipinski definition) is 2. The van der Waals surface area contributed by atoms with E-state index in [0.29, 0.717) is 12.3 Å². The zero-order chi connectivity index (χ0) is 16.1. The second-order valence-corrected chi connectivity index (χ2v) is 5.82. The molecule has 6 heteroatoms. The molecule has 5 nitrogen and oxygen atoms in total. The van der Waals surface area contributed by atoms with Crippen LogP contribution in [0.5, 0.6) is 11.5 Å². The molecule has 2 aromatic carbocycles. The Morgan fingerprint density at radius 3 is 2.91 bits per heavy atom. The standard InChI is InChI=1S/C17H15BrN2O3/c18-14-3-1-2-12(8-14)6-7-19-17(21)20-10-13-4-5-15-16(9-13)23-11-22-15/h1-9H,10-11H2,(H2,19,20,21)/b7-6+. The molecule has 1 aliphatic heterocycles. The van der Waals surface area contributed by atoms with E-state index in [1.54, 1.807) is 6.20 Å². The fourth-order valence-electron chi connectivity index (χ4n) is 2.11. The summed E-state index contributed by atoms with van der Waals surface area (Å²) in [4.78, 5) is 11.8. The van der Waals surface area contributed by atoms with Crippen LogP contribution >= 0.6 is 15.9 Å². The summed E-state index contributed by atoms with van der Waals surface area (Å²) < 4.78 is 11.5. The van der Waals surface area contributed by atoms with Gasteiger partial charge in [0.15, 0.2) is 11.5 Å². The maximum atomic E-state index is 11.8. The molecule has 0 saturated carbocycles. The van der Waals surface area contributed by atoms with Gasteiger partial charge in [-0.05, 0) is 41.5 Å². The molecule has 0 atom stereocenters. The van der Waals surface area contributed by atoms with Crippen LogP contribution < -0.4 is 20.1 Å². The van der Waals surface area contributed by atoms with Gasteiger partial charge in [0.2, 0.25) is 6.79 Å². The third kappa shape index (κ3) is 4.26. The first-order valence-electron chi connectivity index (χ1n) is 7.06. The van der Waals surface area contributed by atoms with Crippen molar-refractivity contribution in [3.63, 3.8) is 0 Å². The highest BCUT2D eigenvalue weighted by Gasteiger charge is 2.13. The fraction of sp³-hybridized carbons (Fsp3) is 0.118. The Kier molecular flexibility index (Phi) is 4.83. The van der Waals surface area contributed by atoms with Gasteiger partial charge >= 0.3 is 6.03 Å². The van der Waals surface area contributed by atoms with Crippen molar-refractivity contribution >= 4 is 28.0 Å². The lowest BCUT2D eigenvalue weighted by molar-refractivity contribution is 0.174. The molecule has 0 spiro atoms. The molecule has 2 amide bonds. The first kappa shape index (κ1) is 15.4. The van der Waals surface area contributed by atoms with Crippen LogP contribution in [0.15, 0.2) is 53.1 Å². The Morgan fingerprint density at radius 2 is 2.04 bits per heavy atom. The number of rotatable bonds is 4. The molecule has 2 N–H and O–H groups in total. The molecular weight excluding hydrogens is 360 g/mol.